The molecule has 0 bridgehead atoms. The Morgan fingerprint density at radius 3 is 2.67 bits per heavy atom. The number of aryl methyl sites for hydroxylation is 1. The molecule has 0 amide bonds. The van der Waals surface area contributed by atoms with Crippen LogP contribution in [0.5, 0.6) is 5.75 Å². The molecule has 78 valence electrons. The number of benzene rings is 1. The van der Waals surface area contributed by atoms with E-state index in [4.69, 9.17) is 4.74 Å². The summed E-state index contributed by atoms with van der Waals surface area (Å²) in [7, 11) is 1.62. The smallest absolute Gasteiger partial charge is 0.305 e. The van der Waals surface area contributed by atoms with Crippen molar-refractivity contribution < 1.29 is 4.74 Å². The molecular formula is C11H11NO2S. The zero-order valence-corrected chi connectivity index (χ0v) is 9.35. The average molecular weight is 221 g/mol. The number of aromatic nitrogens is 1. The number of methoxy groups -OCH3 is 1. The lowest BCUT2D eigenvalue weighted by molar-refractivity contribution is 0.416. The molecular weight excluding hydrogens is 210 g/mol. The summed E-state index contributed by atoms with van der Waals surface area (Å²) in [6.45, 7) is 1.92. The number of ether oxygens (including phenoxy) is 1. The number of para-hydroxylation sites is 1. The monoisotopic (exact) mass is 221 g/mol. The second-order valence-electron chi connectivity index (χ2n) is 3.15. The van der Waals surface area contributed by atoms with Gasteiger partial charge in [-0.2, -0.15) is 0 Å². The molecule has 0 radical (unpaired) electrons. The average Bonchev–Trinajstić information content (AvgIpc) is 2.57. The van der Waals surface area contributed by atoms with Crippen LogP contribution in [0.1, 0.15) is 4.88 Å². The topological polar surface area (TPSA) is 42.1 Å². The second kappa shape index (κ2) is 3.90. The van der Waals surface area contributed by atoms with Crippen LogP contribution in [0.3, 0.4) is 0 Å². The third-order valence-electron chi connectivity index (χ3n) is 2.20. The lowest BCUT2D eigenvalue weighted by atomic mass is 10.1. The van der Waals surface area contributed by atoms with E-state index >= 15 is 0 Å². The normalized spacial score (nSPS) is 10.3. The number of H-pyrrole nitrogens is 1. The zero-order chi connectivity index (χ0) is 10.8. The van der Waals surface area contributed by atoms with Crippen molar-refractivity contribution in [2.24, 2.45) is 0 Å². The van der Waals surface area contributed by atoms with E-state index < -0.39 is 0 Å². The van der Waals surface area contributed by atoms with Crippen molar-refractivity contribution in [1.82, 2.24) is 4.98 Å². The van der Waals surface area contributed by atoms with E-state index in [0.29, 0.717) is 0 Å². The molecule has 0 saturated heterocycles. The number of rotatable bonds is 2. The second-order valence-corrected chi connectivity index (χ2v) is 4.33. The van der Waals surface area contributed by atoms with Crippen LogP contribution >= 0.6 is 11.3 Å². The molecule has 1 aromatic carbocycles. The van der Waals surface area contributed by atoms with Crippen molar-refractivity contribution in [2.75, 3.05) is 7.11 Å². The minimum atomic E-state index is -0.0339. The van der Waals surface area contributed by atoms with Gasteiger partial charge in [0, 0.05) is 10.4 Å². The Labute approximate surface area is 91.4 Å². The van der Waals surface area contributed by atoms with Crippen LogP contribution in [0, 0.1) is 6.92 Å². The van der Waals surface area contributed by atoms with E-state index in [1.54, 1.807) is 7.11 Å². The number of hydrogen-bond acceptors (Lipinski definition) is 3. The van der Waals surface area contributed by atoms with E-state index in [-0.39, 0.29) is 4.87 Å². The van der Waals surface area contributed by atoms with Crippen LogP contribution in [-0.4, -0.2) is 12.1 Å². The molecule has 0 atom stereocenters. The van der Waals surface area contributed by atoms with Crippen LogP contribution in [0.2, 0.25) is 0 Å². The fraction of sp³-hybridized carbons (Fsp3) is 0.182. The molecule has 4 heteroatoms. The standard InChI is InChI=1S/C11H11NO2S/c1-7-10(12-11(13)15-7)8-5-3-4-6-9(8)14-2/h3-6H,1-2H3,(H,12,13). The van der Waals surface area contributed by atoms with Gasteiger partial charge < -0.3 is 9.72 Å². The van der Waals surface area contributed by atoms with Gasteiger partial charge in [-0.05, 0) is 19.1 Å². The van der Waals surface area contributed by atoms with Gasteiger partial charge in [-0.25, -0.2) is 0 Å². The maximum atomic E-state index is 11.2. The molecule has 0 unspecified atom stereocenters. The van der Waals surface area contributed by atoms with E-state index in [9.17, 15) is 4.79 Å². The minimum Gasteiger partial charge on any atom is -0.496 e. The molecule has 1 heterocycles. The Morgan fingerprint density at radius 1 is 1.33 bits per heavy atom. The highest BCUT2D eigenvalue weighted by molar-refractivity contribution is 7.09. The lowest BCUT2D eigenvalue weighted by Crippen LogP contribution is -1.94. The Kier molecular flexibility index (Phi) is 2.60. The van der Waals surface area contributed by atoms with Gasteiger partial charge in [0.15, 0.2) is 0 Å². The van der Waals surface area contributed by atoms with Crippen LogP contribution in [-0.2, 0) is 0 Å². The van der Waals surface area contributed by atoms with Gasteiger partial charge in [-0.1, -0.05) is 23.5 Å². The number of aromatic amines is 1. The molecule has 1 N–H and O–H groups in total. The molecule has 2 aromatic rings. The third-order valence-corrected chi connectivity index (χ3v) is 3.00. The minimum absolute atomic E-state index is 0.0339. The summed E-state index contributed by atoms with van der Waals surface area (Å²) >= 11 is 1.22. The molecule has 0 aliphatic carbocycles. The quantitative estimate of drug-likeness (QED) is 0.846. The van der Waals surface area contributed by atoms with Gasteiger partial charge in [-0.3, -0.25) is 4.79 Å². The first-order chi connectivity index (χ1) is 7.22. The molecule has 2 rings (SSSR count). The Hall–Kier alpha value is -1.55. The van der Waals surface area contributed by atoms with Crippen LogP contribution in [0.25, 0.3) is 11.3 Å². The summed E-state index contributed by atoms with van der Waals surface area (Å²) in [4.78, 5) is 15.0. The van der Waals surface area contributed by atoms with Crippen LogP contribution in [0.4, 0.5) is 0 Å². The van der Waals surface area contributed by atoms with E-state index in [1.165, 1.54) is 11.3 Å². The fourth-order valence-corrected chi connectivity index (χ4v) is 2.21. The predicted molar refractivity (Wildman–Crippen MR) is 61.7 cm³/mol. The first-order valence-corrected chi connectivity index (χ1v) is 5.37. The maximum Gasteiger partial charge on any atom is 0.305 e. The van der Waals surface area contributed by atoms with E-state index in [1.807, 2.05) is 31.2 Å². The van der Waals surface area contributed by atoms with Crippen molar-refractivity contribution in [2.45, 2.75) is 6.92 Å². The molecule has 1 aromatic heterocycles. The summed E-state index contributed by atoms with van der Waals surface area (Å²) in [5, 5.41) is 0. The van der Waals surface area contributed by atoms with Gasteiger partial charge in [-0.15, -0.1) is 0 Å². The van der Waals surface area contributed by atoms with Gasteiger partial charge in [0.1, 0.15) is 5.75 Å². The third kappa shape index (κ3) is 1.80. The predicted octanol–water partition coefficient (Wildman–Crippen LogP) is 2.42. The summed E-state index contributed by atoms with van der Waals surface area (Å²) in [5.74, 6) is 0.773. The van der Waals surface area contributed by atoms with Gasteiger partial charge in [0.2, 0.25) is 0 Å². The summed E-state index contributed by atoms with van der Waals surface area (Å²) in [6.07, 6.45) is 0. The van der Waals surface area contributed by atoms with Crippen LogP contribution < -0.4 is 9.61 Å². The van der Waals surface area contributed by atoms with E-state index in [2.05, 4.69) is 4.98 Å². The van der Waals surface area contributed by atoms with E-state index in [0.717, 1.165) is 21.9 Å². The number of nitrogens with one attached hydrogen (secondary N) is 1. The molecule has 3 nitrogen and oxygen atoms in total. The van der Waals surface area contributed by atoms with Crippen molar-refractivity contribution >= 4 is 11.3 Å². The molecule has 0 saturated carbocycles. The Morgan fingerprint density at radius 2 is 2.07 bits per heavy atom. The highest BCUT2D eigenvalue weighted by atomic mass is 32.1. The highest BCUT2D eigenvalue weighted by Crippen LogP contribution is 2.30. The first-order valence-electron chi connectivity index (χ1n) is 4.55. The molecule has 0 fully saturated rings. The molecule has 0 aliphatic heterocycles. The zero-order valence-electron chi connectivity index (χ0n) is 8.53. The summed E-state index contributed by atoms with van der Waals surface area (Å²) < 4.78 is 5.25. The van der Waals surface area contributed by atoms with Crippen molar-refractivity contribution in [1.29, 1.82) is 0 Å². The largest absolute Gasteiger partial charge is 0.496 e. The van der Waals surface area contributed by atoms with Crippen LogP contribution in [0.15, 0.2) is 29.1 Å². The van der Waals surface area contributed by atoms with Gasteiger partial charge in [0.05, 0.1) is 12.8 Å². The van der Waals surface area contributed by atoms with Gasteiger partial charge in [0.25, 0.3) is 0 Å². The van der Waals surface area contributed by atoms with Crippen molar-refractivity contribution in [3.63, 3.8) is 0 Å². The highest BCUT2D eigenvalue weighted by Gasteiger charge is 2.10. The summed E-state index contributed by atoms with van der Waals surface area (Å²) in [6, 6.07) is 7.64. The molecule has 0 aliphatic rings. The van der Waals surface area contributed by atoms with Crippen molar-refractivity contribution in [3.05, 3.63) is 38.8 Å². The maximum absolute atomic E-state index is 11.2. The molecule has 0 spiro atoms. The summed E-state index contributed by atoms with van der Waals surface area (Å²) in [5.41, 5.74) is 1.78. The van der Waals surface area contributed by atoms with Crippen molar-refractivity contribution in [3.8, 4) is 17.0 Å². The Balaban J connectivity index is 2.63. The lowest BCUT2D eigenvalue weighted by Gasteiger charge is -2.06. The Bertz CT molecular complexity index is 527. The number of thiazole rings is 1. The van der Waals surface area contributed by atoms with Gasteiger partial charge >= 0.3 is 4.87 Å². The SMILES string of the molecule is COc1ccccc1-c1[nH]c(=O)sc1C. The first kappa shape index (κ1) is 9.98. The molecule has 15 heavy (non-hydrogen) atoms. The number of hydrogen-bond donors (Lipinski definition) is 1. The fourth-order valence-electron chi connectivity index (χ4n) is 1.51.